The molecule has 0 radical (unpaired) electrons. The third-order valence-electron chi connectivity index (χ3n) is 2.31. The van der Waals surface area contributed by atoms with Gasteiger partial charge in [0.1, 0.15) is 6.42 Å². The first-order chi connectivity index (χ1) is 9.23. The number of hydrogen-bond acceptors (Lipinski definition) is 1. The Morgan fingerprint density at radius 1 is 0.857 bits per heavy atom. The maximum Gasteiger partial charge on any atom is 0.417 e. The molecule has 1 aromatic carbocycles. The molecule has 1 aromatic rings. The summed E-state index contributed by atoms with van der Waals surface area (Å²) in [5.41, 5.74) is -6.27. The van der Waals surface area contributed by atoms with Crippen LogP contribution < -0.4 is 0 Å². The summed E-state index contributed by atoms with van der Waals surface area (Å²) in [7, 11) is 0. The van der Waals surface area contributed by atoms with Crippen LogP contribution in [-0.2, 0) is 12.4 Å². The lowest BCUT2D eigenvalue weighted by atomic mass is 9.95. The largest absolute Gasteiger partial charge is 0.417 e. The summed E-state index contributed by atoms with van der Waals surface area (Å²) < 4.78 is 112. The second-order valence-corrected chi connectivity index (χ2v) is 3.94. The van der Waals surface area contributed by atoms with Gasteiger partial charge in [-0.1, -0.05) is 12.1 Å². The van der Waals surface area contributed by atoms with Gasteiger partial charge in [-0.3, -0.25) is 4.79 Å². The van der Waals surface area contributed by atoms with E-state index in [2.05, 4.69) is 0 Å². The predicted molar refractivity (Wildman–Crippen MR) is 51.4 cm³/mol. The molecule has 1 rings (SSSR count). The van der Waals surface area contributed by atoms with E-state index < -0.39 is 47.4 Å². The summed E-state index contributed by atoms with van der Waals surface area (Å²) >= 11 is 0. The van der Waals surface area contributed by atoms with Crippen molar-refractivity contribution in [1.29, 1.82) is 0 Å². The molecule has 0 spiro atoms. The third-order valence-corrected chi connectivity index (χ3v) is 2.31. The number of benzene rings is 1. The number of halogens is 9. The molecule has 0 aliphatic carbocycles. The highest BCUT2D eigenvalue weighted by Crippen LogP contribution is 2.42. The molecule has 0 bridgehead atoms. The van der Waals surface area contributed by atoms with Crippen molar-refractivity contribution in [2.45, 2.75) is 24.9 Å². The summed E-state index contributed by atoms with van der Waals surface area (Å²) in [5, 5.41) is 0. The van der Waals surface area contributed by atoms with Crippen molar-refractivity contribution in [3.63, 3.8) is 0 Å². The Labute approximate surface area is 111 Å². The van der Waals surface area contributed by atoms with Gasteiger partial charge in [-0.2, -0.15) is 39.5 Å². The second kappa shape index (κ2) is 5.23. The Hall–Kier alpha value is -1.74. The molecule has 10 heteroatoms. The van der Waals surface area contributed by atoms with Crippen LogP contribution in [-0.4, -0.2) is 12.0 Å². The first kappa shape index (κ1) is 17.3. The van der Waals surface area contributed by atoms with Crippen molar-refractivity contribution in [3.05, 3.63) is 34.9 Å². The van der Waals surface area contributed by atoms with Crippen molar-refractivity contribution in [2.24, 2.45) is 0 Å². The molecular formula is C11H5F9O. The van der Waals surface area contributed by atoms with E-state index in [1.54, 1.807) is 0 Å². The normalized spacial score (nSPS) is 13.4. The van der Waals surface area contributed by atoms with E-state index >= 15 is 0 Å². The molecule has 0 aliphatic rings. The molecule has 0 unspecified atom stereocenters. The fraction of sp³-hybridized carbons (Fsp3) is 0.364. The van der Waals surface area contributed by atoms with Crippen LogP contribution in [0.15, 0.2) is 18.2 Å². The Kier molecular flexibility index (Phi) is 4.31. The van der Waals surface area contributed by atoms with E-state index in [0.717, 1.165) is 0 Å². The molecule has 118 valence electrons. The standard InChI is InChI=1S/C11H5F9O/c12-9(13,14)4-7(21)5-2-1-3-6(10(15,16)17)8(5)11(18,19)20/h1-3H,4H2. The first-order valence-electron chi connectivity index (χ1n) is 5.11. The first-order valence-corrected chi connectivity index (χ1v) is 5.11. The second-order valence-electron chi connectivity index (χ2n) is 3.94. The smallest absolute Gasteiger partial charge is 0.294 e. The molecule has 0 aliphatic heterocycles. The quantitative estimate of drug-likeness (QED) is 0.561. The molecular weight excluding hydrogens is 319 g/mol. The fourth-order valence-corrected chi connectivity index (χ4v) is 1.60. The van der Waals surface area contributed by atoms with E-state index in [1.165, 1.54) is 0 Å². The van der Waals surface area contributed by atoms with Crippen LogP contribution in [0, 0.1) is 0 Å². The molecule has 0 atom stereocenters. The maximum atomic E-state index is 12.7. The minimum Gasteiger partial charge on any atom is -0.294 e. The molecule has 0 saturated heterocycles. The van der Waals surface area contributed by atoms with E-state index in [4.69, 9.17) is 0 Å². The van der Waals surface area contributed by atoms with Gasteiger partial charge in [-0.05, 0) is 6.07 Å². The topological polar surface area (TPSA) is 17.1 Å². The molecule has 0 amide bonds. The average molecular weight is 324 g/mol. The van der Waals surface area contributed by atoms with E-state index in [1.807, 2.05) is 0 Å². The third kappa shape index (κ3) is 4.36. The van der Waals surface area contributed by atoms with Gasteiger partial charge >= 0.3 is 18.5 Å². The number of carbonyl (C=O) groups excluding carboxylic acids is 1. The minimum atomic E-state index is -5.62. The van der Waals surface area contributed by atoms with Gasteiger partial charge in [0.2, 0.25) is 0 Å². The molecule has 0 saturated carbocycles. The van der Waals surface area contributed by atoms with Gasteiger partial charge in [0.05, 0.1) is 11.1 Å². The van der Waals surface area contributed by atoms with Crippen LogP contribution in [0.4, 0.5) is 39.5 Å². The summed E-state index contributed by atoms with van der Waals surface area (Å²) in [6, 6.07) is 0.779. The Bertz CT molecular complexity index is 536. The highest BCUT2D eigenvalue weighted by molar-refractivity contribution is 5.98. The highest BCUT2D eigenvalue weighted by atomic mass is 19.4. The molecule has 21 heavy (non-hydrogen) atoms. The van der Waals surface area contributed by atoms with Gasteiger partial charge < -0.3 is 0 Å². The summed E-state index contributed by atoms with van der Waals surface area (Å²) in [6.45, 7) is 0. The van der Waals surface area contributed by atoms with Crippen molar-refractivity contribution in [2.75, 3.05) is 0 Å². The average Bonchev–Trinajstić information content (AvgIpc) is 2.23. The van der Waals surface area contributed by atoms with Gasteiger partial charge in [0.25, 0.3) is 0 Å². The monoisotopic (exact) mass is 324 g/mol. The van der Waals surface area contributed by atoms with Crippen LogP contribution in [0.25, 0.3) is 0 Å². The van der Waals surface area contributed by atoms with Crippen molar-refractivity contribution < 1.29 is 44.3 Å². The number of carbonyl (C=O) groups is 1. The zero-order valence-electron chi connectivity index (χ0n) is 9.75. The molecule has 1 nitrogen and oxygen atoms in total. The Morgan fingerprint density at radius 3 is 1.76 bits per heavy atom. The zero-order valence-corrected chi connectivity index (χ0v) is 9.75. The zero-order chi connectivity index (χ0) is 16.6. The lowest BCUT2D eigenvalue weighted by Crippen LogP contribution is -2.23. The van der Waals surface area contributed by atoms with Crippen molar-refractivity contribution in [3.8, 4) is 0 Å². The predicted octanol–water partition coefficient (Wildman–Crippen LogP) is 4.86. The maximum absolute atomic E-state index is 12.7. The highest BCUT2D eigenvalue weighted by Gasteiger charge is 2.46. The number of hydrogen-bond donors (Lipinski definition) is 0. The van der Waals surface area contributed by atoms with Gasteiger partial charge in [0, 0.05) is 5.56 Å². The molecule has 0 fully saturated rings. The van der Waals surface area contributed by atoms with Crippen LogP contribution in [0.1, 0.15) is 27.9 Å². The van der Waals surface area contributed by atoms with Gasteiger partial charge in [-0.15, -0.1) is 0 Å². The summed E-state index contributed by atoms with van der Waals surface area (Å²) in [6.07, 6.45) is -18.5. The number of Topliss-reactive ketones (excluding diaryl/α,β-unsaturated/α-hetero) is 1. The minimum absolute atomic E-state index is 0.0488. The van der Waals surface area contributed by atoms with Gasteiger partial charge in [0.15, 0.2) is 5.78 Å². The van der Waals surface area contributed by atoms with E-state index in [0.29, 0.717) is 6.07 Å². The van der Waals surface area contributed by atoms with Crippen LogP contribution >= 0.6 is 0 Å². The molecule has 0 N–H and O–H groups in total. The SMILES string of the molecule is O=C(CC(F)(F)F)c1cccc(C(F)(F)F)c1C(F)(F)F. The number of alkyl halides is 9. The number of ketones is 1. The fourth-order valence-electron chi connectivity index (χ4n) is 1.60. The van der Waals surface area contributed by atoms with Gasteiger partial charge in [-0.25, -0.2) is 0 Å². The van der Waals surface area contributed by atoms with Crippen LogP contribution in [0.5, 0.6) is 0 Å². The van der Waals surface area contributed by atoms with Crippen LogP contribution in [0.2, 0.25) is 0 Å². The Balaban J connectivity index is 3.50. The van der Waals surface area contributed by atoms with E-state index in [9.17, 15) is 44.3 Å². The lowest BCUT2D eigenvalue weighted by molar-refractivity contribution is -0.162. The molecule has 0 heterocycles. The number of rotatable bonds is 2. The van der Waals surface area contributed by atoms with Crippen LogP contribution in [0.3, 0.4) is 0 Å². The van der Waals surface area contributed by atoms with Crippen molar-refractivity contribution >= 4 is 5.78 Å². The Morgan fingerprint density at radius 2 is 1.38 bits per heavy atom. The summed E-state index contributed by atoms with van der Waals surface area (Å²) in [5.74, 6) is -2.08. The summed E-state index contributed by atoms with van der Waals surface area (Å²) in [4.78, 5) is 11.2. The molecule has 0 aromatic heterocycles. The lowest BCUT2D eigenvalue weighted by Gasteiger charge is -2.18. The van der Waals surface area contributed by atoms with E-state index in [-0.39, 0.29) is 12.1 Å². The van der Waals surface area contributed by atoms with Crippen molar-refractivity contribution in [1.82, 2.24) is 0 Å².